The zero-order chi connectivity index (χ0) is 22.4. The molecule has 7 nitrogen and oxygen atoms in total. The van der Waals surface area contributed by atoms with Gasteiger partial charge in [-0.3, -0.25) is 14.6 Å². The number of carbonyl (C=O) groups is 3. The highest BCUT2D eigenvalue weighted by molar-refractivity contribution is 9.10. The molecule has 2 heterocycles. The predicted octanol–water partition coefficient (Wildman–Crippen LogP) is 3.96. The first-order valence-corrected chi connectivity index (χ1v) is 10.3. The van der Waals surface area contributed by atoms with E-state index >= 15 is 0 Å². The van der Waals surface area contributed by atoms with Crippen LogP contribution < -0.4 is 0 Å². The average molecular weight is 469 g/mol. The number of likely N-dealkylation sites (tertiary alicyclic amines) is 1. The number of hydrogen-bond acceptors (Lipinski definition) is 5. The highest BCUT2D eigenvalue weighted by Gasteiger charge is 2.60. The molecule has 0 saturated carbocycles. The van der Waals surface area contributed by atoms with Crippen molar-refractivity contribution in [3.63, 3.8) is 0 Å². The van der Waals surface area contributed by atoms with Gasteiger partial charge < -0.3 is 14.7 Å². The minimum absolute atomic E-state index is 0.0454. The van der Waals surface area contributed by atoms with Gasteiger partial charge in [0.05, 0.1) is 11.5 Å². The Labute approximate surface area is 180 Å². The molecule has 0 unspecified atom stereocenters. The third-order valence-electron chi connectivity index (χ3n) is 4.90. The summed E-state index contributed by atoms with van der Waals surface area (Å²) in [6, 6.07) is -0.216. The second-order valence-electron chi connectivity index (χ2n) is 9.78. The van der Waals surface area contributed by atoms with Gasteiger partial charge in [-0.05, 0) is 61.7 Å². The van der Waals surface area contributed by atoms with Gasteiger partial charge in [-0.2, -0.15) is 0 Å². The van der Waals surface area contributed by atoms with Gasteiger partial charge in [-0.1, -0.05) is 20.8 Å². The van der Waals surface area contributed by atoms with Crippen molar-refractivity contribution in [2.24, 2.45) is 10.8 Å². The van der Waals surface area contributed by atoms with Gasteiger partial charge in [0, 0.05) is 22.3 Å². The Balaban J connectivity index is 2.70. The lowest BCUT2D eigenvalue weighted by atomic mass is 9.78. The second kappa shape index (κ2) is 7.70. The topological polar surface area (TPSA) is 96.8 Å². The lowest BCUT2D eigenvalue weighted by molar-refractivity contribution is -0.169. The number of amides is 1. The first kappa shape index (κ1) is 23.3. The standard InChI is InChI=1S/C21H29BrN2O5/c1-19(2,3)17(27)24-14(16(25)26)9-21(7,18(28)29-20(4,5)6)15(24)12-8-13(22)11-23-10-12/h8,10-11,14-15H,9H2,1-7H3,(H,25,26)/t14-,15-,21-/m0/s1. The Morgan fingerprint density at radius 1 is 1.21 bits per heavy atom. The molecule has 1 amide bonds. The van der Waals surface area contributed by atoms with E-state index in [1.165, 1.54) is 4.90 Å². The average Bonchev–Trinajstić information content (AvgIpc) is 2.86. The Morgan fingerprint density at radius 3 is 2.24 bits per heavy atom. The summed E-state index contributed by atoms with van der Waals surface area (Å²) in [6.07, 6.45) is 3.11. The van der Waals surface area contributed by atoms with Crippen molar-refractivity contribution in [1.82, 2.24) is 9.88 Å². The Morgan fingerprint density at radius 2 is 1.79 bits per heavy atom. The number of carboxylic acid groups (broad SMARTS) is 1. The molecule has 1 aromatic rings. The van der Waals surface area contributed by atoms with Crippen molar-refractivity contribution in [3.05, 3.63) is 28.5 Å². The zero-order valence-corrected chi connectivity index (χ0v) is 19.5. The van der Waals surface area contributed by atoms with Gasteiger partial charge in [-0.25, -0.2) is 4.79 Å². The summed E-state index contributed by atoms with van der Waals surface area (Å²) in [4.78, 5) is 44.2. The van der Waals surface area contributed by atoms with Crippen LogP contribution in [0.1, 0.15) is 66.5 Å². The van der Waals surface area contributed by atoms with Gasteiger partial charge >= 0.3 is 11.9 Å². The Hall–Kier alpha value is -1.96. The summed E-state index contributed by atoms with van der Waals surface area (Å²) in [5, 5.41) is 9.89. The largest absolute Gasteiger partial charge is 0.480 e. The molecule has 0 radical (unpaired) electrons. The number of esters is 1. The molecule has 1 fully saturated rings. The molecule has 0 bridgehead atoms. The van der Waals surface area contributed by atoms with Gasteiger partial charge in [0.2, 0.25) is 5.91 Å². The van der Waals surface area contributed by atoms with Crippen LogP contribution in [-0.4, -0.2) is 44.5 Å². The summed E-state index contributed by atoms with van der Waals surface area (Å²) in [7, 11) is 0. The lowest BCUT2D eigenvalue weighted by Gasteiger charge is -2.38. The monoisotopic (exact) mass is 468 g/mol. The quantitative estimate of drug-likeness (QED) is 0.674. The van der Waals surface area contributed by atoms with Crippen molar-refractivity contribution >= 4 is 33.8 Å². The molecule has 2 rings (SSSR count). The van der Waals surface area contributed by atoms with Gasteiger partial charge in [0.25, 0.3) is 0 Å². The van der Waals surface area contributed by atoms with Crippen molar-refractivity contribution < 1.29 is 24.2 Å². The van der Waals surface area contributed by atoms with E-state index in [2.05, 4.69) is 20.9 Å². The number of carboxylic acids is 1. The first-order chi connectivity index (χ1) is 13.1. The molecule has 8 heteroatoms. The number of rotatable bonds is 3. The number of carbonyl (C=O) groups excluding carboxylic acids is 2. The molecular formula is C21H29BrN2O5. The highest BCUT2D eigenvalue weighted by Crippen LogP contribution is 2.52. The second-order valence-corrected chi connectivity index (χ2v) is 10.7. The van der Waals surface area contributed by atoms with Crippen LogP contribution in [0.15, 0.2) is 22.9 Å². The van der Waals surface area contributed by atoms with Crippen LogP contribution in [0.5, 0.6) is 0 Å². The maximum atomic E-state index is 13.3. The molecule has 1 aliphatic heterocycles. The van der Waals surface area contributed by atoms with E-state index in [-0.39, 0.29) is 12.3 Å². The van der Waals surface area contributed by atoms with Gasteiger partial charge in [0.1, 0.15) is 11.6 Å². The van der Waals surface area contributed by atoms with E-state index in [9.17, 15) is 19.5 Å². The maximum absolute atomic E-state index is 13.3. The smallest absolute Gasteiger partial charge is 0.326 e. The molecule has 0 aliphatic carbocycles. The fraction of sp³-hybridized carbons (Fsp3) is 0.619. The third-order valence-corrected chi connectivity index (χ3v) is 5.34. The van der Waals surface area contributed by atoms with Crippen molar-refractivity contribution in [2.45, 2.75) is 72.6 Å². The number of pyridine rings is 1. The van der Waals surface area contributed by atoms with E-state index < -0.39 is 40.5 Å². The number of ether oxygens (including phenoxy) is 1. The van der Waals surface area contributed by atoms with Crippen molar-refractivity contribution in [3.8, 4) is 0 Å². The van der Waals surface area contributed by atoms with Crippen LogP contribution >= 0.6 is 15.9 Å². The van der Waals surface area contributed by atoms with Crippen LogP contribution in [0.25, 0.3) is 0 Å². The molecule has 1 N–H and O–H groups in total. The van der Waals surface area contributed by atoms with Crippen LogP contribution in [0.3, 0.4) is 0 Å². The molecule has 0 aromatic carbocycles. The van der Waals surface area contributed by atoms with Gasteiger partial charge in [-0.15, -0.1) is 0 Å². The molecular weight excluding hydrogens is 440 g/mol. The third kappa shape index (κ3) is 4.79. The number of aromatic nitrogens is 1. The van der Waals surface area contributed by atoms with E-state index in [0.29, 0.717) is 10.0 Å². The molecule has 1 aromatic heterocycles. The fourth-order valence-electron chi connectivity index (χ4n) is 3.65. The van der Waals surface area contributed by atoms with E-state index in [1.54, 1.807) is 66.9 Å². The van der Waals surface area contributed by atoms with E-state index in [1.807, 2.05) is 0 Å². The summed E-state index contributed by atoms with van der Waals surface area (Å²) < 4.78 is 6.32. The molecule has 0 spiro atoms. The summed E-state index contributed by atoms with van der Waals surface area (Å²) in [6.45, 7) is 12.1. The normalized spacial score (nSPS) is 25.0. The Kier molecular flexibility index (Phi) is 6.19. The summed E-state index contributed by atoms with van der Waals surface area (Å²) >= 11 is 3.37. The number of hydrogen-bond donors (Lipinski definition) is 1. The minimum Gasteiger partial charge on any atom is -0.480 e. The molecule has 29 heavy (non-hydrogen) atoms. The van der Waals surface area contributed by atoms with E-state index in [4.69, 9.17) is 4.74 Å². The SMILES string of the molecule is CC(C)(C)OC(=O)[C@@]1(C)C[C@@H](C(=O)O)N(C(=O)C(C)(C)C)[C@H]1c1cncc(Br)c1. The summed E-state index contributed by atoms with van der Waals surface area (Å²) in [5.74, 6) is -2.03. The molecule has 160 valence electrons. The first-order valence-electron chi connectivity index (χ1n) is 9.47. The fourth-order valence-corrected chi connectivity index (χ4v) is 4.03. The van der Waals surface area contributed by atoms with Crippen LogP contribution in [0.2, 0.25) is 0 Å². The number of nitrogens with zero attached hydrogens (tertiary/aromatic N) is 2. The van der Waals surface area contributed by atoms with Crippen LogP contribution in [0, 0.1) is 10.8 Å². The van der Waals surface area contributed by atoms with Gasteiger partial charge in [0.15, 0.2) is 0 Å². The number of aliphatic carboxylic acids is 1. The highest BCUT2D eigenvalue weighted by atomic mass is 79.9. The van der Waals surface area contributed by atoms with E-state index in [0.717, 1.165) is 0 Å². The lowest BCUT2D eigenvalue weighted by Crippen LogP contribution is -2.48. The van der Waals surface area contributed by atoms with Crippen LogP contribution in [0.4, 0.5) is 0 Å². The Bertz CT molecular complexity index is 827. The zero-order valence-electron chi connectivity index (χ0n) is 17.9. The summed E-state index contributed by atoms with van der Waals surface area (Å²) in [5.41, 5.74) is -2.25. The maximum Gasteiger partial charge on any atom is 0.326 e. The van der Waals surface area contributed by atoms with Crippen molar-refractivity contribution in [1.29, 1.82) is 0 Å². The number of halogens is 1. The van der Waals surface area contributed by atoms with Crippen LogP contribution in [-0.2, 0) is 19.1 Å². The molecule has 3 atom stereocenters. The minimum atomic E-state index is -1.25. The molecule has 1 aliphatic rings. The van der Waals surface area contributed by atoms with Crippen molar-refractivity contribution in [2.75, 3.05) is 0 Å². The molecule has 1 saturated heterocycles. The predicted molar refractivity (Wildman–Crippen MR) is 111 cm³/mol.